The molecule has 0 spiro atoms. The van der Waals surface area contributed by atoms with Crippen LogP contribution in [-0.2, 0) is 26.0 Å². The average Bonchev–Trinajstić information content (AvgIpc) is 3.09. The summed E-state index contributed by atoms with van der Waals surface area (Å²) >= 11 is 0. The minimum Gasteiger partial charge on any atom is -0.497 e. The largest absolute Gasteiger partial charge is 0.497 e. The van der Waals surface area contributed by atoms with E-state index in [4.69, 9.17) is 15.5 Å². The van der Waals surface area contributed by atoms with E-state index in [2.05, 4.69) is 5.32 Å². The summed E-state index contributed by atoms with van der Waals surface area (Å²) in [6.45, 7) is -0.673. The summed E-state index contributed by atoms with van der Waals surface area (Å²) in [4.78, 5) is 47.1. The van der Waals surface area contributed by atoms with Crippen LogP contribution in [0.5, 0.6) is 5.75 Å². The number of nitrogens with one attached hydrogen (secondary N) is 1. The second-order valence-electron chi connectivity index (χ2n) is 11.4. The van der Waals surface area contributed by atoms with Crippen LogP contribution in [0.1, 0.15) is 17.4 Å². The molecule has 1 aliphatic heterocycles. The van der Waals surface area contributed by atoms with Gasteiger partial charge in [0.2, 0.25) is 21.8 Å². The number of aromatic nitrogens is 2. The number of fused-ring (bicyclic) bond motifs is 1. The summed E-state index contributed by atoms with van der Waals surface area (Å²) < 4.78 is 34.2. The Morgan fingerprint density at radius 3 is 2.29 bits per heavy atom. The molecule has 4 aromatic carbocycles. The minimum atomic E-state index is -3.93. The van der Waals surface area contributed by atoms with Crippen molar-refractivity contribution in [1.82, 2.24) is 24.1 Å². The van der Waals surface area contributed by atoms with Crippen molar-refractivity contribution in [3.8, 4) is 11.4 Å². The number of amides is 2. The summed E-state index contributed by atoms with van der Waals surface area (Å²) in [5.74, 6) is -0.0640. The molecule has 0 unspecified atom stereocenters. The van der Waals surface area contributed by atoms with Crippen LogP contribution in [0, 0.1) is 0 Å². The highest BCUT2D eigenvalue weighted by molar-refractivity contribution is 7.89. The first-order valence-corrected chi connectivity index (χ1v) is 16.7. The van der Waals surface area contributed by atoms with Crippen molar-refractivity contribution in [1.29, 1.82) is 0 Å². The van der Waals surface area contributed by atoms with E-state index in [1.54, 1.807) is 55.6 Å². The molecule has 0 aliphatic carbocycles. The number of hydrogen-bond donors (Lipinski definition) is 2. The summed E-state index contributed by atoms with van der Waals surface area (Å²) in [7, 11) is -2.38. The number of rotatable bonds is 10. The van der Waals surface area contributed by atoms with Gasteiger partial charge in [-0.3, -0.25) is 19.0 Å². The first kappa shape index (κ1) is 32.4. The van der Waals surface area contributed by atoms with Crippen LogP contribution in [-0.4, -0.2) is 72.3 Å². The number of nitrogen functional groups attached to an aromatic ring is 1. The van der Waals surface area contributed by atoms with Gasteiger partial charge in [-0.25, -0.2) is 13.4 Å². The smallest absolute Gasteiger partial charge is 0.266 e. The lowest BCUT2D eigenvalue weighted by Gasteiger charge is -2.33. The van der Waals surface area contributed by atoms with Gasteiger partial charge in [-0.15, -0.1) is 0 Å². The molecule has 3 N–H and O–H groups in total. The molecule has 1 fully saturated rings. The summed E-state index contributed by atoms with van der Waals surface area (Å²) in [6.07, 6.45) is 0.301. The molecule has 1 saturated heterocycles. The molecule has 48 heavy (non-hydrogen) atoms. The van der Waals surface area contributed by atoms with Crippen LogP contribution in [0.3, 0.4) is 0 Å². The number of sulfonamides is 1. The topological polar surface area (TPSA) is 157 Å². The number of nitrogens with zero attached hydrogens (tertiary/aromatic N) is 4. The van der Waals surface area contributed by atoms with Gasteiger partial charge in [-0.05, 0) is 72.6 Å². The second kappa shape index (κ2) is 13.7. The van der Waals surface area contributed by atoms with Gasteiger partial charge >= 0.3 is 0 Å². The highest BCUT2D eigenvalue weighted by atomic mass is 32.2. The van der Waals surface area contributed by atoms with Crippen LogP contribution in [0.25, 0.3) is 16.6 Å². The number of para-hydroxylation sites is 1. The zero-order valence-corrected chi connectivity index (χ0v) is 27.0. The Morgan fingerprint density at radius 2 is 1.60 bits per heavy atom. The van der Waals surface area contributed by atoms with Crippen molar-refractivity contribution in [2.75, 3.05) is 39.0 Å². The third kappa shape index (κ3) is 6.77. The normalized spacial score (nSPS) is 14.5. The monoisotopic (exact) mass is 666 g/mol. The average molecular weight is 667 g/mol. The van der Waals surface area contributed by atoms with E-state index in [1.807, 2.05) is 30.3 Å². The van der Waals surface area contributed by atoms with Gasteiger partial charge in [0.15, 0.2) is 0 Å². The lowest BCUT2D eigenvalue weighted by Crippen LogP contribution is -2.54. The van der Waals surface area contributed by atoms with E-state index >= 15 is 0 Å². The van der Waals surface area contributed by atoms with Gasteiger partial charge in [-0.1, -0.05) is 42.5 Å². The molecule has 246 valence electrons. The summed E-state index contributed by atoms with van der Waals surface area (Å²) in [5.41, 5.74) is 7.72. The minimum absolute atomic E-state index is 0.0163. The fourth-order valence-electron chi connectivity index (χ4n) is 5.68. The zero-order chi connectivity index (χ0) is 33.8. The highest BCUT2D eigenvalue weighted by Crippen LogP contribution is 2.24. The van der Waals surface area contributed by atoms with Crippen LogP contribution < -0.4 is 21.3 Å². The third-order valence-electron chi connectivity index (χ3n) is 8.20. The Bertz CT molecular complexity index is 2120. The quantitative estimate of drug-likeness (QED) is 0.216. The number of ether oxygens (including phenoxy) is 1. The van der Waals surface area contributed by atoms with Gasteiger partial charge in [0.25, 0.3) is 5.56 Å². The molecular weight excluding hydrogens is 632 g/mol. The summed E-state index contributed by atoms with van der Waals surface area (Å²) in [5, 5.41) is 3.44. The number of piperazine rings is 1. The SMILES string of the molecule is COc1ccc(-n2c([C@H](Cc3ccccc3)NC(=O)CN3CCN(S(=O)(=O)c4ccc(N)cc4)CC3=O)nc3ccccc3c2=O)cc1. The number of nitrogens with two attached hydrogens (primary N) is 1. The molecule has 5 aromatic rings. The second-order valence-corrected chi connectivity index (χ2v) is 13.3. The Balaban J connectivity index is 1.29. The first-order valence-electron chi connectivity index (χ1n) is 15.3. The maximum absolute atomic E-state index is 14.0. The third-order valence-corrected chi connectivity index (χ3v) is 10.1. The molecule has 0 radical (unpaired) electrons. The first-order chi connectivity index (χ1) is 23.1. The number of hydrogen-bond acceptors (Lipinski definition) is 8. The molecule has 6 rings (SSSR count). The molecule has 13 heteroatoms. The van der Waals surface area contributed by atoms with Crippen molar-refractivity contribution >= 4 is 38.4 Å². The fraction of sp³-hybridized carbons (Fsp3) is 0.200. The number of carbonyl (C=O) groups excluding carboxylic acids is 2. The van der Waals surface area contributed by atoms with Crippen molar-refractivity contribution in [2.24, 2.45) is 0 Å². The Hall–Kier alpha value is -5.53. The van der Waals surface area contributed by atoms with Gasteiger partial charge in [-0.2, -0.15) is 4.31 Å². The van der Waals surface area contributed by atoms with E-state index in [9.17, 15) is 22.8 Å². The summed E-state index contributed by atoms with van der Waals surface area (Å²) in [6, 6.07) is 28.5. The van der Waals surface area contributed by atoms with Gasteiger partial charge < -0.3 is 20.7 Å². The van der Waals surface area contributed by atoms with Crippen LogP contribution in [0.4, 0.5) is 5.69 Å². The molecule has 1 atom stereocenters. The van der Waals surface area contributed by atoms with Gasteiger partial charge in [0.05, 0.1) is 47.7 Å². The maximum atomic E-state index is 14.0. The number of benzene rings is 4. The van der Waals surface area contributed by atoms with Crippen LogP contribution in [0.15, 0.2) is 113 Å². The molecule has 0 bridgehead atoms. The van der Waals surface area contributed by atoms with Crippen molar-refractivity contribution < 1.29 is 22.7 Å². The van der Waals surface area contributed by atoms with Crippen LogP contribution in [0.2, 0.25) is 0 Å². The van der Waals surface area contributed by atoms with E-state index in [0.717, 1.165) is 9.87 Å². The molecule has 0 saturated carbocycles. The number of carbonyl (C=O) groups is 2. The zero-order valence-electron chi connectivity index (χ0n) is 26.2. The predicted molar refractivity (Wildman–Crippen MR) is 181 cm³/mol. The van der Waals surface area contributed by atoms with E-state index < -0.39 is 34.4 Å². The van der Waals surface area contributed by atoms with Crippen molar-refractivity contribution in [3.63, 3.8) is 0 Å². The fourth-order valence-corrected chi connectivity index (χ4v) is 7.06. The van der Waals surface area contributed by atoms with Crippen molar-refractivity contribution in [3.05, 3.63) is 125 Å². The molecule has 1 aromatic heterocycles. The van der Waals surface area contributed by atoms with Crippen LogP contribution >= 0.6 is 0 Å². The van der Waals surface area contributed by atoms with E-state index in [0.29, 0.717) is 40.3 Å². The van der Waals surface area contributed by atoms with Gasteiger partial charge in [0, 0.05) is 18.8 Å². The molecule has 12 nitrogen and oxygen atoms in total. The number of methoxy groups -OCH3 is 1. The molecule has 1 aliphatic rings. The molecular formula is C35H34N6O6S. The highest BCUT2D eigenvalue weighted by Gasteiger charge is 2.34. The molecule has 2 heterocycles. The lowest BCUT2D eigenvalue weighted by molar-refractivity contribution is -0.138. The van der Waals surface area contributed by atoms with Crippen molar-refractivity contribution in [2.45, 2.75) is 17.4 Å². The van der Waals surface area contributed by atoms with E-state index in [1.165, 1.54) is 33.7 Å². The standard InChI is InChI=1S/C35H34N6O6S/c1-47-27-15-13-26(14-16-27)41-34(38-30-10-6-5-9-29(30)35(41)44)31(21-24-7-3-2-4-8-24)37-32(42)22-39-19-20-40(23-33(39)43)48(45,46)28-17-11-25(36)12-18-28/h2-18,31H,19-23,36H2,1H3,(H,37,42)/t31-/m0/s1. The Morgan fingerprint density at radius 1 is 0.917 bits per heavy atom. The Labute approximate surface area is 277 Å². The van der Waals surface area contributed by atoms with E-state index in [-0.39, 0.29) is 30.1 Å². The predicted octanol–water partition coefficient (Wildman–Crippen LogP) is 2.91. The molecule has 2 amide bonds. The number of anilines is 1. The van der Waals surface area contributed by atoms with Gasteiger partial charge in [0.1, 0.15) is 11.6 Å². The lowest BCUT2D eigenvalue weighted by atomic mass is 10.0. The Kier molecular flexibility index (Phi) is 9.24. The maximum Gasteiger partial charge on any atom is 0.266 e.